The molecular weight excluding hydrogens is 414 g/mol. The van der Waals surface area contributed by atoms with Crippen LogP contribution in [-0.2, 0) is 12.3 Å². The maximum Gasteiger partial charge on any atom is 0.191 e. The Hall–Kier alpha value is -1.99. The highest BCUT2D eigenvalue weighted by atomic mass is 79.9. The molecule has 134 valence electrons. The van der Waals surface area contributed by atoms with Crippen molar-refractivity contribution >= 4 is 27.7 Å². The molecule has 0 fully saturated rings. The van der Waals surface area contributed by atoms with Crippen LogP contribution < -0.4 is 9.47 Å². The van der Waals surface area contributed by atoms with Crippen molar-refractivity contribution in [2.75, 3.05) is 13.2 Å². The monoisotopic (exact) mass is 431 g/mol. The fourth-order valence-corrected chi connectivity index (χ4v) is 4.48. The van der Waals surface area contributed by atoms with E-state index in [4.69, 9.17) is 9.47 Å². The maximum atomic E-state index is 5.69. The smallest absolute Gasteiger partial charge is 0.191 e. The van der Waals surface area contributed by atoms with Crippen molar-refractivity contribution in [3.05, 3.63) is 52.5 Å². The van der Waals surface area contributed by atoms with E-state index in [1.165, 1.54) is 0 Å². The zero-order valence-electron chi connectivity index (χ0n) is 14.3. The van der Waals surface area contributed by atoms with Crippen molar-refractivity contribution < 1.29 is 9.47 Å². The van der Waals surface area contributed by atoms with Crippen molar-refractivity contribution in [3.8, 4) is 22.9 Å². The lowest BCUT2D eigenvalue weighted by molar-refractivity contribution is 0.171. The first-order chi connectivity index (χ1) is 12.8. The minimum atomic E-state index is 0.589. The molecule has 0 N–H and O–H groups in total. The molecule has 26 heavy (non-hydrogen) atoms. The van der Waals surface area contributed by atoms with Gasteiger partial charge in [0.1, 0.15) is 13.2 Å². The van der Waals surface area contributed by atoms with E-state index in [1.54, 1.807) is 11.8 Å². The molecule has 0 atom stereocenters. The SMILES string of the molecule is CCn1c(SCc2cc3c(cc2Br)OCCO3)nnc1-c1ccccc1. The number of fused-ring (bicyclic) bond motifs is 1. The molecule has 2 aromatic carbocycles. The molecule has 0 radical (unpaired) electrons. The van der Waals surface area contributed by atoms with Crippen LogP contribution in [0.15, 0.2) is 52.1 Å². The molecule has 5 nitrogen and oxygen atoms in total. The molecule has 7 heteroatoms. The summed E-state index contributed by atoms with van der Waals surface area (Å²) in [6.07, 6.45) is 0. The largest absolute Gasteiger partial charge is 0.486 e. The molecule has 0 saturated heterocycles. The highest BCUT2D eigenvalue weighted by Gasteiger charge is 2.17. The van der Waals surface area contributed by atoms with Crippen LogP contribution in [0.1, 0.15) is 12.5 Å². The molecule has 0 saturated carbocycles. The lowest BCUT2D eigenvalue weighted by atomic mass is 10.2. The normalized spacial score (nSPS) is 13.0. The number of rotatable bonds is 5. The first-order valence-corrected chi connectivity index (χ1v) is 10.2. The van der Waals surface area contributed by atoms with Gasteiger partial charge in [-0.2, -0.15) is 0 Å². The second kappa shape index (κ2) is 7.72. The van der Waals surface area contributed by atoms with E-state index >= 15 is 0 Å². The van der Waals surface area contributed by atoms with E-state index < -0.39 is 0 Å². The predicted octanol–water partition coefficient (Wildman–Crippen LogP) is 4.79. The van der Waals surface area contributed by atoms with Crippen LogP contribution in [0, 0.1) is 0 Å². The van der Waals surface area contributed by atoms with Gasteiger partial charge in [0.2, 0.25) is 0 Å². The molecule has 1 aliphatic heterocycles. The standard InChI is InChI=1S/C19H18BrN3O2S/c1-2-23-18(13-6-4-3-5-7-13)21-22-19(23)26-12-14-10-16-17(11-15(14)20)25-9-8-24-16/h3-7,10-11H,2,8-9,12H2,1H3. The second-order valence-electron chi connectivity index (χ2n) is 5.79. The van der Waals surface area contributed by atoms with Gasteiger partial charge >= 0.3 is 0 Å². The third-order valence-corrected chi connectivity index (χ3v) is 5.89. The number of thioether (sulfide) groups is 1. The summed E-state index contributed by atoms with van der Waals surface area (Å²) < 4.78 is 14.5. The van der Waals surface area contributed by atoms with E-state index in [1.807, 2.05) is 30.3 Å². The Balaban J connectivity index is 1.56. The fourth-order valence-electron chi connectivity index (χ4n) is 2.84. The number of hydrogen-bond acceptors (Lipinski definition) is 5. The van der Waals surface area contributed by atoms with Crippen LogP contribution in [0.4, 0.5) is 0 Å². The summed E-state index contributed by atoms with van der Waals surface area (Å²) in [7, 11) is 0. The summed E-state index contributed by atoms with van der Waals surface area (Å²) in [6, 6.07) is 14.2. The van der Waals surface area contributed by atoms with E-state index in [0.717, 1.165) is 50.4 Å². The minimum Gasteiger partial charge on any atom is -0.486 e. The van der Waals surface area contributed by atoms with Gasteiger partial charge < -0.3 is 14.0 Å². The summed E-state index contributed by atoms with van der Waals surface area (Å²) in [6.45, 7) is 4.11. The van der Waals surface area contributed by atoms with Gasteiger partial charge in [-0.1, -0.05) is 58.0 Å². The average Bonchev–Trinajstić information content (AvgIpc) is 3.10. The lowest BCUT2D eigenvalue weighted by Gasteiger charge is -2.19. The Labute approximate surface area is 164 Å². The number of halogens is 1. The summed E-state index contributed by atoms with van der Waals surface area (Å²) in [5.74, 6) is 3.26. The van der Waals surface area contributed by atoms with Crippen LogP contribution in [0.3, 0.4) is 0 Å². The van der Waals surface area contributed by atoms with Crippen molar-refractivity contribution in [2.24, 2.45) is 0 Å². The quantitative estimate of drug-likeness (QED) is 0.543. The second-order valence-corrected chi connectivity index (χ2v) is 7.59. The van der Waals surface area contributed by atoms with Gasteiger partial charge in [-0.15, -0.1) is 10.2 Å². The number of ether oxygens (including phenoxy) is 2. The molecule has 0 aliphatic carbocycles. The fraction of sp³-hybridized carbons (Fsp3) is 0.263. The molecular formula is C19H18BrN3O2S. The van der Waals surface area contributed by atoms with Gasteiger partial charge in [-0.3, -0.25) is 0 Å². The molecule has 0 amide bonds. The zero-order chi connectivity index (χ0) is 17.9. The zero-order valence-corrected chi connectivity index (χ0v) is 16.7. The summed E-state index contributed by atoms with van der Waals surface area (Å²) >= 11 is 5.30. The van der Waals surface area contributed by atoms with Gasteiger partial charge in [0.25, 0.3) is 0 Å². The lowest BCUT2D eigenvalue weighted by Crippen LogP contribution is -2.15. The van der Waals surface area contributed by atoms with Crippen LogP contribution in [0.2, 0.25) is 0 Å². The Kier molecular flexibility index (Phi) is 5.17. The van der Waals surface area contributed by atoms with Crippen molar-refractivity contribution in [2.45, 2.75) is 24.4 Å². The highest BCUT2D eigenvalue weighted by molar-refractivity contribution is 9.10. The first kappa shape index (κ1) is 17.4. The van der Waals surface area contributed by atoms with Crippen molar-refractivity contribution in [3.63, 3.8) is 0 Å². The van der Waals surface area contributed by atoms with Gasteiger partial charge in [0.15, 0.2) is 22.5 Å². The highest BCUT2D eigenvalue weighted by Crippen LogP contribution is 2.38. The summed E-state index contributed by atoms with van der Waals surface area (Å²) in [4.78, 5) is 0. The molecule has 0 unspecified atom stereocenters. The van der Waals surface area contributed by atoms with Gasteiger partial charge in [0.05, 0.1) is 0 Å². The Morgan fingerprint density at radius 1 is 1.08 bits per heavy atom. The van der Waals surface area contributed by atoms with E-state index in [0.29, 0.717) is 13.2 Å². The third kappa shape index (κ3) is 3.46. The molecule has 1 aliphatic rings. The Morgan fingerprint density at radius 3 is 2.54 bits per heavy atom. The van der Waals surface area contributed by atoms with Crippen molar-refractivity contribution in [1.82, 2.24) is 14.8 Å². The molecule has 1 aromatic heterocycles. The number of hydrogen-bond donors (Lipinski definition) is 0. The van der Waals surface area contributed by atoms with Crippen LogP contribution in [0.25, 0.3) is 11.4 Å². The number of nitrogens with zero attached hydrogens (tertiary/aromatic N) is 3. The Bertz CT molecular complexity index is 915. The van der Waals surface area contributed by atoms with Crippen LogP contribution >= 0.6 is 27.7 Å². The predicted molar refractivity (Wildman–Crippen MR) is 106 cm³/mol. The summed E-state index contributed by atoms with van der Waals surface area (Å²) in [5.41, 5.74) is 2.22. The molecule has 0 bridgehead atoms. The average molecular weight is 432 g/mol. The number of aromatic nitrogens is 3. The minimum absolute atomic E-state index is 0.589. The molecule has 4 rings (SSSR count). The van der Waals surface area contributed by atoms with Crippen LogP contribution in [-0.4, -0.2) is 28.0 Å². The molecule has 2 heterocycles. The topological polar surface area (TPSA) is 49.2 Å². The molecule has 0 spiro atoms. The van der Waals surface area contributed by atoms with Gasteiger partial charge in [0, 0.05) is 22.3 Å². The van der Waals surface area contributed by atoms with Crippen molar-refractivity contribution in [1.29, 1.82) is 0 Å². The van der Waals surface area contributed by atoms with E-state index in [9.17, 15) is 0 Å². The van der Waals surface area contributed by atoms with E-state index in [2.05, 4.69) is 49.8 Å². The van der Waals surface area contributed by atoms with Gasteiger partial charge in [-0.25, -0.2) is 0 Å². The number of benzene rings is 2. The summed E-state index contributed by atoms with van der Waals surface area (Å²) in [5, 5.41) is 9.71. The van der Waals surface area contributed by atoms with Crippen LogP contribution in [0.5, 0.6) is 11.5 Å². The third-order valence-electron chi connectivity index (χ3n) is 4.13. The maximum absolute atomic E-state index is 5.69. The molecule has 3 aromatic rings. The van der Waals surface area contributed by atoms with Gasteiger partial charge in [-0.05, 0) is 24.6 Å². The first-order valence-electron chi connectivity index (χ1n) is 8.45. The van der Waals surface area contributed by atoms with E-state index in [-0.39, 0.29) is 0 Å². The Morgan fingerprint density at radius 2 is 1.81 bits per heavy atom.